The number of benzene rings is 1. The monoisotopic (exact) mass is 418 g/mol. The summed E-state index contributed by atoms with van der Waals surface area (Å²) < 4.78 is 32.3. The van der Waals surface area contributed by atoms with E-state index in [0.717, 1.165) is 18.8 Å². The van der Waals surface area contributed by atoms with Crippen LogP contribution in [0.4, 0.5) is 5.69 Å². The molecule has 1 saturated heterocycles. The van der Waals surface area contributed by atoms with E-state index in [-0.39, 0.29) is 23.5 Å². The van der Waals surface area contributed by atoms with Gasteiger partial charge in [-0.1, -0.05) is 0 Å². The lowest BCUT2D eigenvalue weighted by Crippen LogP contribution is -2.48. The Labute approximate surface area is 171 Å². The van der Waals surface area contributed by atoms with Crippen molar-refractivity contribution in [2.24, 2.45) is 0 Å². The molecule has 0 bridgehead atoms. The summed E-state index contributed by atoms with van der Waals surface area (Å²) >= 11 is 0. The standard InChI is InChI=1S/C20H26N4O4S/c1-16(15-28-2)22-29(26,27)19-5-3-17(4-6-19)20(25)24-13-11-23(12-14-24)18-7-9-21-10-8-18/h3-10,16,22H,11-15H2,1-2H3/t16-/m0/s1. The van der Waals surface area contributed by atoms with E-state index in [4.69, 9.17) is 4.74 Å². The minimum atomic E-state index is -3.65. The summed E-state index contributed by atoms with van der Waals surface area (Å²) in [5, 5.41) is 0. The van der Waals surface area contributed by atoms with Crippen molar-refractivity contribution in [3.63, 3.8) is 0 Å². The molecule has 1 atom stereocenters. The Morgan fingerprint density at radius 1 is 1.10 bits per heavy atom. The molecule has 0 saturated carbocycles. The van der Waals surface area contributed by atoms with Gasteiger partial charge in [0.2, 0.25) is 10.0 Å². The van der Waals surface area contributed by atoms with Crippen LogP contribution in [0.25, 0.3) is 0 Å². The van der Waals surface area contributed by atoms with Gasteiger partial charge in [0.15, 0.2) is 0 Å². The molecule has 2 aromatic rings. The van der Waals surface area contributed by atoms with Crippen LogP contribution < -0.4 is 9.62 Å². The van der Waals surface area contributed by atoms with Gasteiger partial charge >= 0.3 is 0 Å². The van der Waals surface area contributed by atoms with Crippen LogP contribution in [0.1, 0.15) is 17.3 Å². The van der Waals surface area contributed by atoms with Gasteiger partial charge in [0.25, 0.3) is 5.91 Å². The van der Waals surface area contributed by atoms with Gasteiger partial charge in [0.1, 0.15) is 0 Å². The highest BCUT2D eigenvalue weighted by atomic mass is 32.2. The van der Waals surface area contributed by atoms with Crippen LogP contribution in [0.5, 0.6) is 0 Å². The molecule has 8 nitrogen and oxygen atoms in total. The molecule has 9 heteroatoms. The lowest BCUT2D eigenvalue weighted by atomic mass is 10.2. The van der Waals surface area contributed by atoms with Crippen molar-refractivity contribution in [3.8, 4) is 0 Å². The first-order valence-corrected chi connectivity index (χ1v) is 10.9. The fourth-order valence-corrected chi connectivity index (χ4v) is 4.53. The number of rotatable bonds is 7. The molecule has 1 aliphatic heterocycles. The smallest absolute Gasteiger partial charge is 0.253 e. The number of amides is 1. The molecule has 1 amide bonds. The molecule has 0 aliphatic carbocycles. The highest BCUT2D eigenvalue weighted by Gasteiger charge is 2.23. The van der Waals surface area contributed by atoms with Gasteiger partial charge in [0.05, 0.1) is 11.5 Å². The van der Waals surface area contributed by atoms with E-state index in [1.807, 2.05) is 12.1 Å². The number of hydrogen-bond acceptors (Lipinski definition) is 6. The number of pyridine rings is 1. The van der Waals surface area contributed by atoms with Crippen LogP contribution in [0.2, 0.25) is 0 Å². The third kappa shape index (κ3) is 5.31. The quantitative estimate of drug-likeness (QED) is 0.730. The number of nitrogens with one attached hydrogen (secondary N) is 1. The topological polar surface area (TPSA) is 91.8 Å². The van der Waals surface area contributed by atoms with Crippen LogP contribution in [0.15, 0.2) is 53.7 Å². The first-order chi connectivity index (χ1) is 13.9. The van der Waals surface area contributed by atoms with E-state index in [2.05, 4.69) is 14.6 Å². The second kappa shape index (κ2) is 9.34. The minimum absolute atomic E-state index is 0.0935. The molecule has 3 rings (SSSR count). The molecule has 0 spiro atoms. The Morgan fingerprint density at radius 3 is 2.31 bits per heavy atom. The molecule has 1 aliphatic rings. The molecule has 1 aromatic heterocycles. The van der Waals surface area contributed by atoms with Crippen molar-refractivity contribution in [2.45, 2.75) is 17.9 Å². The van der Waals surface area contributed by atoms with Gasteiger partial charge in [-0.2, -0.15) is 0 Å². The Bertz CT molecular complexity index is 911. The summed E-state index contributed by atoms with van der Waals surface area (Å²) in [6, 6.07) is 9.62. The van der Waals surface area contributed by atoms with Crippen LogP contribution in [0, 0.1) is 0 Å². The van der Waals surface area contributed by atoms with Crippen molar-refractivity contribution in [2.75, 3.05) is 44.8 Å². The van der Waals surface area contributed by atoms with E-state index < -0.39 is 10.0 Å². The van der Waals surface area contributed by atoms with E-state index in [9.17, 15) is 13.2 Å². The fraction of sp³-hybridized carbons (Fsp3) is 0.400. The first-order valence-electron chi connectivity index (χ1n) is 9.46. The number of carbonyl (C=O) groups is 1. The zero-order valence-electron chi connectivity index (χ0n) is 16.6. The fourth-order valence-electron chi connectivity index (χ4n) is 3.30. The zero-order chi connectivity index (χ0) is 20.9. The van der Waals surface area contributed by atoms with Gasteiger partial charge in [-0.25, -0.2) is 13.1 Å². The van der Waals surface area contributed by atoms with Crippen LogP contribution in [-0.2, 0) is 14.8 Å². The zero-order valence-corrected chi connectivity index (χ0v) is 17.4. The van der Waals surface area contributed by atoms with E-state index in [1.165, 1.54) is 19.2 Å². The third-order valence-electron chi connectivity index (χ3n) is 4.78. The van der Waals surface area contributed by atoms with Crippen LogP contribution >= 0.6 is 0 Å². The highest BCUT2D eigenvalue weighted by molar-refractivity contribution is 7.89. The molecule has 1 aromatic carbocycles. The lowest BCUT2D eigenvalue weighted by molar-refractivity contribution is 0.0746. The summed E-state index contributed by atoms with van der Waals surface area (Å²) in [7, 11) is -2.14. The first kappa shape index (κ1) is 21.2. The van der Waals surface area contributed by atoms with Gasteiger partial charge in [-0.3, -0.25) is 9.78 Å². The van der Waals surface area contributed by atoms with Crippen molar-refractivity contribution in [1.29, 1.82) is 0 Å². The number of nitrogens with zero attached hydrogens (tertiary/aromatic N) is 3. The summed E-state index contributed by atoms with van der Waals surface area (Å²) in [6.07, 6.45) is 3.51. The second-order valence-corrected chi connectivity index (χ2v) is 8.70. The summed E-state index contributed by atoms with van der Waals surface area (Å²) in [5.41, 5.74) is 1.57. The Kier molecular flexibility index (Phi) is 6.83. The molecule has 2 heterocycles. The van der Waals surface area contributed by atoms with Gasteiger partial charge < -0.3 is 14.5 Å². The summed E-state index contributed by atoms with van der Waals surface area (Å²) in [6.45, 7) is 4.70. The van der Waals surface area contributed by atoms with Crippen molar-refractivity contribution in [3.05, 3.63) is 54.4 Å². The number of piperazine rings is 1. The average molecular weight is 419 g/mol. The molecule has 1 N–H and O–H groups in total. The number of methoxy groups -OCH3 is 1. The predicted octanol–water partition coefficient (Wildman–Crippen LogP) is 1.36. The van der Waals surface area contributed by atoms with E-state index in [1.54, 1.807) is 36.4 Å². The van der Waals surface area contributed by atoms with Gasteiger partial charge in [-0.05, 0) is 43.3 Å². The second-order valence-electron chi connectivity index (χ2n) is 6.99. The predicted molar refractivity (Wildman–Crippen MR) is 110 cm³/mol. The minimum Gasteiger partial charge on any atom is -0.383 e. The molecule has 1 fully saturated rings. The average Bonchev–Trinajstić information content (AvgIpc) is 2.74. The van der Waals surface area contributed by atoms with Crippen molar-refractivity contribution >= 4 is 21.6 Å². The largest absolute Gasteiger partial charge is 0.383 e. The normalized spacial score (nSPS) is 15.9. The van der Waals surface area contributed by atoms with Crippen molar-refractivity contribution < 1.29 is 17.9 Å². The van der Waals surface area contributed by atoms with Crippen LogP contribution in [-0.4, -0.2) is 70.1 Å². The number of hydrogen-bond donors (Lipinski definition) is 1. The maximum atomic E-state index is 12.8. The van der Waals surface area contributed by atoms with Crippen molar-refractivity contribution in [1.82, 2.24) is 14.6 Å². The molecular weight excluding hydrogens is 392 g/mol. The summed E-state index contributed by atoms with van der Waals surface area (Å²) in [4.78, 5) is 20.9. The molecule has 0 radical (unpaired) electrons. The van der Waals surface area contributed by atoms with Crippen LogP contribution in [0.3, 0.4) is 0 Å². The Morgan fingerprint density at radius 2 is 1.72 bits per heavy atom. The number of carbonyl (C=O) groups excluding carboxylic acids is 1. The maximum Gasteiger partial charge on any atom is 0.253 e. The molecule has 0 unspecified atom stereocenters. The number of sulfonamides is 1. The Balaban J connectivity index is 1.61. The maximum absolute atomic E-state index is 12.8. The third-order valence-corrected chi connectivity index (χ3v) is 6.38. The lowest BCUT2D eigenvalue weighted by Gasteiger charge is -2.36. The van der Waals surface area contributed by atoms with E-state index in [0.29, 0.717) is 18.7 Å². The molecule has 156 valence electrons. The van der Waals surface area contributed by atoms with Gasteiger partial charge in [-0.15, -0.1) is 0 Å². The number of anilines is 1. The number of aromatic nitrogens is 1. The number of ether oxygens (including phenoxy) is 1. The summed E-state index contributed by atoms with van der Waals surface area (Å²) in [5.74, 6) is -0.0935. The molecular formula is C20H26N4O4S. The van der Waals surface area contributed by atoms with E-state index >= 15 is 0 Å². The highest BCUT2D eigenvalue weighted by Crippen LogP contribution is 2.17. The molecule has 29 heavy (non-hydrogen) atoms. The SMILES string of the molecule is COC[C@H](C)NS(=O)(=O)c1ccc(C(=O)N2CCN(c3ccncc3)CC2)cc1. The van der Waals surface area contributed by atoms with Gasteiger partial charge in [0, 0.05) is 63.0 Å². The Hall–Kier alpha value is -2.49.